The Kier molecular flexibility index (Phi) is 5.47. The maximum Gasteiger partial charge on any atom is 0.337 e. The van der Waals surface area contributed by atoms with Gasteiger partial charge in [0.2, 0.25) is 0 Å². The van der Waals surface area contributed by atoms with Gasteiger partial charge in [-0.1, -0.05) is 17.7 Å². The lowest BCUT2D eigenvalue weighted by Gasteiger charge is -2.09. The summed E-state index contributed by atoms with van der Waals surface area (Å²) in [6, 6.07) is 16.1. The standard InChI is InChI=1S/C21H19N3O3/c1-14-3-7-17(8-4-14)23-19-11-16(12-22-13-19)20(25)24-18-9-5-15(6-10-18)21(26)27-2/h3-13,23H,1-2H3,(H,24,25). The van der Waals surface area contributed by atoms with Crippen LogP contribution >= 0.6 is 0 Å². The molecule has 0 atom stereocenters. The normalized spacial score (nSPS) is 10.1. The lowest BCUT2D eigenvalue weighted by atomic mass is 10.2. The summed E-state index contributed by atoms with van der Waals surface area (Å²) >= 11 is 0. The monoisotopic (exact) mass is 361 g/mol. The van der Waals surface area contributed by atoms with Crippen molar-refractivity contribution in [2.24, 2.45) is 0 Å². The Hall–Kier alpha value is -3.67. The molecule has 0 aliphatic carbocycles. The molecule has 0 bridgehead atoms. The fourth-order valence-electron chi connectivity index (χ4n) is 2.45. The van der Waals surface area contributed by atoms with Crippen molar-refractivity contribution in [2.75, 3.05) is 17.7 Å². The summed E-state index contributed by atoms with van der Waals surface area (Å²) in [5.74, 6) is -0.715. The minimum absolute atomic E-state index is 0.291. The predicted octanol–water partition coefficient (Wildman–Crippen LogP) is 4.17. The fourth-order valence-corrected chi connectivity index (χ4v) is 2.45. The second-order valence-corrected chi connectivity index (χ2v) is 5.98. The smallest absolute Gasteiger partial charge is 0.337 e. The van der Waals surface area contributed by atoms with Crippen LogP contribution in [-0.2, 0) is 4.74 Å². The molecule has 6 heteroatoms. The van der Waals surface area contributed by atoms with Crippen molar-refractivity contribution in [3.05, 3.63) is 83.7 Å². The zero-order chi connectivity index (χ0) is 19.2. The number of hydrogen-bond acceptors (Lipinski definition) is 5. The third-order valence-electron chi connectivity index (χ3n) is 3.90. The number of amides is 1. The van der Waals surface area contributed by atoms with E-state index in [4.69, 9.17) is 0 Å². The minimum Gasteiger partial charge on any atom is -0.465 e. The van der Waals surface area contributed by atoms with E-state index in [2.05, 4.69) is 20.4 Å². The Bertz CT molecular complexity index is 951. The molecule has 0 fully saturated rings. The number of nitrogens with zero attached hydrogens (tertiary/aromatic N) is 1. The molecular weight excluding hydrogens is 342 g/mol. The van der Waals surface area contributed by atoms with Gasteiger partial charge in [-0.15, -0.1) is 0 Å². The first-order valence-electron chi connectivity index (χ1n) is 8.33. The van der Waals surface area contributed by atoms with E-state index in [-0.39, 0.29) is 5.91 Å². The van der Waals surface area contributed by atoms with Crippen molar-refractivity contribution in [3.8, 4) is 0 Å². The molecule has 0 spiro atoms. The first-order valence-corrected chi connectivity index (χ1v) is 8.33. The summed E-state index contributed by atoms with van der Waals surface area (Å²) in [6.07, 6.45) is 3.15. The van der Waals surface area contributed by atoms with E-state index < -0.39 is 5.97 Å². The molecule has 136 valence electrons. The Morgan fingerprint density at radius 2 is 1.52 bits per heavy atom. The molecule has 0 saturated carbocycles. The topological polar surface area (TPSA) is 80.3 Å². The molecule has 1 amide bonds. The molecular formula is C21H19N3O3. The second kappa shape index (κ2) is 8.14. The zero-order valence-electron chi connectivity index (χ0n) is 15.0. The van der Waals surface area contributed by atoms with Crippen LogP contribution in [-0.4, -0.2) is 24.0 Å². The van der Waals surface area contributed by atoms with Gasteiger partial charge in [-0.25, -0.2) is 4.79 Å². The highest BCUT2D eigenvalue weighted by atomic mass is 16.5. The van der Waals surface area contributed by atoms with Crippen molar-refractivity contribution in [1.82, 2.24) is 4.98 Å². The van der Waals surface area contributed by atoms with Gasteiger partial charge in [-0.05, 0) is 49.4 Å². The van der Waals surface area contributed by atoms with Crippen LogP contribution in [0.1, 0.15) is 26.3 Å². The van der Waals surface area contributed by atoms with Gasteiger partial charge in [0, 0.05) is 17.6 Å². The summed E-state index contributed by atoms with van der Waals surface area (Å²) in [5, 5.41) is 6.00. The van der Waals surface area contributed by atoms with E-state index in [0.29, 0.717) is 22.5 Å². The van der Waals surface area contributed by atoms with Gasteiger partial charge in [0.05, 0.1) is 30.1 Å². The number of esters is 1. The second-order valence-electron chi connectivity index (χ2n) is 5.98. The first-order chi connectivity index (χ1) is 13.0. The number of rotatable bonds is 5. The molecule has 3 aromatic rings. The van der Waals surface area contributed by atoms with Crippen LogP contribution in [0.5, 0.6) is 0 Å². The highest BCUT2D eigenvalue weighted by Crippen LogP contribution is 2.18. The maximum atomic E-state index is 12.5. The maximum absolute atomic E-state index is 12.5. The Labute approximate surface area is 157 Å². The molecule has 0 radical (unpaired) electrons. The van der Waals surface area contributed by atoms with Gasteiger partial charge in [-0.3, -0.25) is 9.78 Å². The molecule has 0 saturated heterocycles. The van der Waals surface area contributed by atoms with Gasteiger partial charge in [-0.2, -0.15) is 0 Å². The van der Waals surface area contributed by atoms with E-state index in [0.717, 1.165) is 5.69 Å². The molecule has 27 heavy (non-hydrogen) atoms. The van der Waals surface area contributed by atoms with Crippen LogP contribution in [0.15, 0.2) is 67.0 Å². The van der Waals surface area contributed by atoms with E-state index in [1.54, 1.807) is 36.5 Å². The Morgan fingerprint density at radius 3 is 2.19 bits per heavy atom. The highest BCUT2D eigenvalue weighted by molar-refractivity contribution is 6.04. The molecule has 2 N–H and O–H groups in total. The van der Waals surface area contributed by atoms with Gasteiger partial charge < -0.3 is 15.4 Å². The third-order valence-corrected chi connectivity index (χ3v) is 3.90. The quantitative estimate of drug-likeness (QED) is 0.667. The minimum atomic E-state index is -0.424. The molecule has 0 unspecified atom stereocenters. The molecule has 1 aromatic heterocycles. The summed E-state index contributed by atoms with van der Waals surface area (Å²) in [4.78, 5) is 28.0. The van der Waals surface area contributed by atoms with Crippen LogP contribution in [0.2, 0.25) is 0 Å². The first kappa shape index (κ1) is 18.1. The zero-order valence-corrected chi connectivity index (χ0v) is 15.0. The lowest BCUT2D eigenvalue weighted by Crippen LogP contribution is -2.12. The van der Waals surface area contributed by atoms with Gasteiger partial charge in [0.1, 0.15) is 0 Å². The molecule has 0 aliphatic heterocycles. The number of aromatic nitrogens is 1. The fraction of sp³-hybridized carbons (Fsp3) is 0.0952. The molecule has 0 aliphatic rings. The number of carbonyl (C=O) groups is 2. The van der Waals surface area contributed by atoms with E-state index >= 15 is 0 Å². The van der Waals surface area contributed by atoms with Crippen molar-refractivity contribution in [1.29, 1.82) is 0 Å². The van der Waals surface area contributed by atoms with Crippen molar-refractivity contribution < 1.29 is 14.3 Å². The third kappa shape index (κ3) is 4.70. The summed E-state index contributed by atoms with van der Waals surface area (Å²) in [5.41, 5.74) is 4.21. The number of ether oxygens (including phenoxy) is 1. The highest BCUT2D eigenvalue weighted by Gasteiger charge is 2.09. The average Bonchev–Trinajstić information content (AvgIpc) is 2.70. The number of anilines is 3. The largest absolute Gasteiger partial charge is 0.465 e. The summed E-state index contributed by atoms with van der Waals surface area (Å²) in [6.45, 7) is 2.02. The molecule has 6 nitrogen and oxygen atoms in total. The van der Waals surface area contributed by atoms with E-state index in [9.17, 15) is 9.59 Å². The van der Waals surface area contributed by atoms with Crippen molar-refractivity contribution in [3.63, 3.8) is 0 Å². The van der Waals surface area contributed by atoms with E-state index in [1.165, 1.54) is 18.9 Å². The molecule has 2 aromatic carbocycles. The van der Waals surface area contributed by atoms with Gasteiger partial charge >= 0.3 is 5.97 Å². The van der Waals surface area contributed by atoms with Crippen LogP contribution in [0, 0.1) is 6.92 Å². The number of nitrogens with one attached hydrogen (secondary N) is 2. The summed E-state index contributed by atoms with van der Waals surface area (Å²) < 4.78 is 4.65. The van der Waals surface area contributed by atoms with Crippen molar-refractivity contribution in [2.45, 2.75) is 6.92 Å². The van der Waals surface area contributed by atoms with Crippen LogP contribution in [0.4, 0.5) is 17.1 Å². The van der Waals surface area contributed by atoms with Crippen LogP contribution < -0.4 is 10.6 Å². The van der Waals surface area contributed by atoms with E-state index in [1.807, 2.05) is 31.2 Å². The number of benzene rings is 2. The number of aryl methyl sites for hydroxylation is 1. The SMILES string of the molecule is COC(=O)c1ccc(NC(=O)c2cncc(Nc3ccc(C)cc3)c2)cc1. The van der Waals surface area contributed by atoms with Gasteiger partial charge in [0.25, 0.3) is 5.91 Å². The summed E-state index contributed by atoms with van der Waals surface area (Å²) in [7, 11) is 1.32. The molecule has 1 heterocycles. The Balaban J connectivity index is 1.69. The van der Waals surface area contributed by atoms with Gasteiger partial charge in [0.15, 0.2) is 0 Å². The average molecular weight is 361 g/mol. The van der Waals surface area contributed by atoms with Crippen molar-refractivity contribution >= 4 is 28.9 Å². The van der Waals surface area contributed by atoms with Crippen LogP contribution in [0.25, 0.3) is 0 Å². The lowest BCUT2D eigenvalue weighted by molar-refractivity contribution is 0.0600. The van der Waals surface area contributed by atoms with Crippen LogP contribution in [0.3, 0.4) is 0 Å². The number of hydrogen-bond donors (Lipinski definition) is 2. The number of methoxy groups -OCH3 is 1. The predicted molar refractivity (Wildman–Crippen MR) is 104 cm³/mol. The number of carbonyl (C=O) groups excluding carboxylic acids is 2. The Morgan fingerprint density at radius 1 is 0.852 bits per heavy atom. The number of pyridine rings is 1. The molecule has 3 rings (SSSR count).